The van der Waals surface area contributed by atoms with Gasteiger partial charge in [-0.2, -0.15) is 0 Å². The molecular formula is C14H19NO2. The second-order valence-corrected chi connectivity index (χ2v) is 5.20. The molecule has 3 nitrogen and oxygen atoms in total. The van der Waals surface area contributed by atoms with Crippen LogP contribution in [0.15, 0.2) is 18.2 Å². The molecule has 92 valence electrons. The van der Waals surface area contributed by atoms with Gasteiger partial charge < -0.3 is 14.8 Å². The van der Waals surface area contributed by atoms with Crippen molar-refractivity contribution in [3.05, 3.63) is 23.8 Å². The number of ether oxygens (including phenoxy) is 2. The second-order valence-electron chi connectivity index (χ2n) is 5.20. The average molecular weight is 233 g/mol. The Morgan fingerprint density at radius 3 is 3.18 bits per heavy atom. The number of benzene rings is 1. The van der Waals surface area contributed by atoms with Crippen LogP contribution in [0.2, 0.25) is 0 Å². The van der Waals surface area contributed by atoms with Crippen molar-refractivity contribution in [2.24, 2.45) is 0 Å². The van der Waals surface area contributed by atoms with E-state index < -0.39 is 0 Å². The minimum atomic E-state index is -0.154. The lowest BCUT2D eigenvalue weighted by molar-refractivity contribution is -0.0563. The topological polar surface area (TPSA) is 30.5 Å². The van der Waals surface area contributed by atoms with Gasteiger partial charge in [0.05, 0.1) is 6.61 Å². The van der Waals surface area contributed by atoms with Crippen LogP contribution >= 0.6 is 0 Å². The molecule has 0 amide bonds. The average Bonchev–Trinajstić information content (AvgIpc) is 2.76. The summed E-state index contributed by atoms with van der Waals surface area (Å²) in [5, 5.41) is 3.36. The highest BCUT2D eigenvalue weighted by atomic mass is 16.5. The summed E-state index contributed by atoms with van der Waals surface area (Å²) in [6, 6.07) is 6.33. The Labute approximate surface area is 102 Å². The molecule has 2 heterocycles. The number of hydrogen-bond acceptors (Lipinski definition) is 3. The smallest absolute Gasteiger partial charge is 0.129 e. The van der Waals surface area contributed by atoms with Gasteiger partial charge in [0.15, 0.2) is 0 Å². The van der Waals surface area contributed by atoms with Crippen molar-refractivity contribution in [1.29, 1.82) is 0 Å². The van der Waals surface area contributed by atoms with E-state index in [0.717, 1.165) is 38.2 Å². The van der Waals surface area contributed by atoms with E-state index in [1.165, 1.54) is 11.3 Å². The molecule has 3 rings (SSSR count). The van der Waals surface area contributed by atoms with E-state index in [-0.39, 0.29) is 5.60 Å². The molecule has 1 unspecified atom stereocenters. The number of anilines is 1. The maximum Gasteiger partial charge on any atom is 0.129 e. The summed E-state index contributed by atoms with van der Waals surface area (Å²) in [5.41, 5.74) is 2.46. The Kier molecular flexibility index (Phi) is 2.71. The first-order valence-electron chi connectivity index (χ1n) is 6.39. The van der Waals surface area contributed by atoms with Gasteiger partial charge in [0.2, 0.25) is 0 Å². The number of rotatable bonds is 2. The molecule has 0 radical (unpaired) electrons. The molecular weight excluding hydrogens is 214 g/mol. The largest absolute Gasteiger partial charge is 0.485 e. The van der Waals surface area contributed by atoms with E-state index >= 15 is 0 Å². The molecule has 0 spiro atoms. The molecule has 1 saturated heterocycles. The van der Waals surface area contributed by atoms with E-state index in [2.05, 4.69) is 30.4 Å². The van der Waals surface area contributed by atoms with Crippen molar-refractivity contribution < 1.29 is 9.47 Å². The Balaban J connectivity index is 1.76. The van der Waals surface area contributed by atoms with Crippen LogP contribution in [0, 0.1) is 0 Å². The van der Waals surface area contributed by atoms with Crippen LogP contribution in [-0.4, -0.2) is 25.4 Å². The fraction of sp³-hybridized carbons (Fsp3) is 0.571. The number of fused-ring (bicyclic) bond motifs is 1. The maximum atomic E-state index is 6.12. The summed E-state index contributed by atoms with van der Waals surface area (Å²) in [4.78, 5) is 0. The molecule has 1 N–H and O–H groups in total. The molecule has 3 heteroatoms. The molecule has 0 aliphatic carbocycles. The fourth-order valence-corrected chi connectivity index (χ4v) is 2.62. The van der Waals surface area contributed by atoms with Gasteiger partial charge in [-0.15, -0.1) is 0 Å². The van der Waals surface area contributed by atoms with E-state index in [1.54, 1.807) is 0 Å². The first-order chi connectivity index (χ1) is 8.25. The predicted octanol–water partition coefficient (Wildman–Crippen LogP) is 2.60. The Hall–Kier alpha value is -1.22. The summed E-state index contributed by atoms with van der Waals surface area (Å²) >= 11 is 0. The third kappa shape index (κ3) is 2.25. The SMILES string of the molecule is CC1(Oc2ccc3c(c2)CCN3)CCCOC1. The van der Waals surface area contributed by atoms with E-state index in [1.807, 2.05) is 0 Å². The zero-order valence-corrected chi connectivity index (χ0v) is 10.3. The van der Waals surface area contributed by atoms with Crippen LogP contribution in [0.1, 0.15) is 25.3 Å². The summed E-state index contributed by atoms with van der Waals surface area (Å²) < 4.78 is 11.6. The van der Waals surface area contributed by atoms with Crippen LogP contribution in [0.5, 0.6) is 5.75 Å². The minimum Gasteiger partial charge on any atom is -0.485 e. The zero-order chi connectivity index (χ0) is 11.7. The van der Waals surface area contributed by atoms with Crippen LogP contribution < -0.4 is 10.1 Å². The van der Waals surface area contributed by atoms with Crippen LogP contribution in [0.25, 0.3) is 0 Å². The number of hydrogen-bond donors (Lipinski definition) is 1. The van der Waals surface area contributed by atoms with E-state index in [9.17, 15) is 0 Å². The zero-order valence-electron chi connectivity index (χ0n) is 10.3. The quantitative estimate of drug-likeness (QED) is 0.851. The van der Waals surface area contributed by atoms with Gasteiger partial charge in [-0.05, 0) is 49.9 Å². The third-order valence-corrected chi connectivity index (χ3v) is 3.55. The minimum absolute atomic E-state index is 0.154. The predicted molar refractivity (Wildman–Crippen MR) is 67.7 cm³/mol. The van der Waals surface area contributed by atoms with Gasteiger partial charge in [0, 0.05) is 18.8 Å². The van der Waals surface area contributed by atoms with Crippen molar-refractivity contribution in [3.63, 3.8) is 0 Å². The van der Waals surface area contributed by atoms with Gasteiger partial charge in [-0.3, -0.25) is 0 Å². The molecule has 1 fully saturated rings. The highest BCUT2D eigenvalue weighted by Gasteiger charge is 2.30. The summed E-state index contributed by atoms with van der Waals surface area (Å²) in [5.74, 6) is 0.973. The monoisotopic (exact) mass is 233 g/mol. The van der Waals surface area contributed by atoms with Crippen molar-refractivity contribution >= 4 is 5.69 Å². The molecule has 1 aromatic rings. The Morgan fingerprint density at radius 1 is 1.41 bits per heavy atom. The highest BCUT2D eigenvalue weighted by molar-refractivity contribution is 5.57. The molecule has 0 saturated carbocycles. The van der Waals surface area contributed by atoms with Crippen LogP contribution in [0.3, 0.4) is 0 Å². The second kappa shape index (κ2) is 4.22. The lowest BCUT2D eigenvalue weighted by Gasteiger charge is -2.34. The molecule has 1 atom stereocenters. The van der Waals surface area contributed by atoms with Crippen molar-refractivity contribution in [1.82, 2.24) is 0 Å². The van der Waals surface area contributed by atoms with Crippen molar-refractivity contribution in [2.45, 2.75) is 31.8 Å². The summed E-state index contributed by atoms with van der Waals surface area (Å²) in [7, 11) is 0. The lowest BCUT2D eigenvalue weighted by Crippen LogP contribution is -2.41. The fourth-order valence-electron chi connectivity index (χ4n) is 2.62. The van der Waals surface area contributed by atoms with Gasteiger partial charge >= 0.3 is 0 Å². The molecule has 2 aliphatic rings. The summed E-state index contributed by atoms with van der Waals surface area (Å²) in [6.45, 7) is 4.74. The van der Waals surface area contributed by atoms with Crippen molar-refractivity contribution in [3.8, 4) is 5.75 Å². The lowest BCUT2D eigenvalue weighted by atomic mass is 9.99. The van der Waals surface area contributed by atoms with E-state index in [4.69, 9.17) is 9.47 Å². The third-order valence-electron chi connectivity index (χ3n) is 3.55. The molecule has 17 heavy (non-hydrogen) atoms. The standard InChI is InChI=1S/C14H19NO2/c1-14(6-2-8-16-10-14)17-12-3-4-13-11(9-12)5-7-15-13/h3-4,9,15H,2,5-8,10H2,1H3. The molecule has 0 aromatic heterocycles. The molecule has 0 bridgehead atoms. The van der Waals surface area contributed by atoms with Gasteiger partial charge in [0.25, 0.3) is 0 Å². The molecule has 2 aliphatic heterocycles. The molecule has 1 aromatic carbocycles. The Morgan fingerprint density at radius 2 is 2.35 bits per heavy atom. The number of nitrogens with one attached hydrogen (secondary N) is 1. The van der Waals surface area contributed by atoms with Gasteiger partial charge in [-0.1, -0.05) is 0 Å². The van der Waals surface area contributed by atoms with E-state index in [0.29, 0.717) is 6.61 Å². The summed E-state index contributed by atoms with van der Waals surface area (Å²) in [6.07, 6.45) is 3.26. The first-order valence-corrected chi connectivity index (χ1v) is 6.39. The Bertz CT molecular complexity index is 411. The van der Waals surface area contributed by atoms with Crippen LogP contribution in [0.4, 0.5) is 5.69 Å². The van der Waals surface area contributed by atoms with Gasteiger partial charge in [0.1, 0.15) is 11.4 Å². The normalized spacial score (nSPS) is 27.4. The van der Waals surface area contributed by atoms with Gasteiger partial charge in [-0.25, -0.2) is 0 Å². The van der Waals surface area contributed by atoms with Crippen LogP contribution in [-0.2, 0) is 11.2 Å². The first kappa shape index (κ1) is 10.9. The highest BCUT2D eigenvalue weighted by Crippen LogP contribution is 2.30. The van der Waals surface area contributed by atoms with Crippen molar-refractivity contribution in [2.75, 3.05) is 25.1 Å². The maximum absolute atomic E-state index is 6.12.